The molecule has 0 aliphatic carbocycles. The van der Waals surface area contributed by atoms with E-state index in [0.717, 1.165) is 24.3 Å². The van der Waals surface area contributed by atoms with Crippen LogP contribution in [0.2, 0.25) is 0 Å². The number of hydrogen-bond acceptors (Lipinski definition) is 4. The summed E-state index contributed by atoms with van der Waals surface area (Å²) in [5.41, 5.74) is 1.91. The number of nitrogens with zero attached hydrogens (tertiary/aromatic N) is 2. The zero-order chi connectivity index (χ0) is 14.4. The summed E-state index contributed by atoms with van der Waals surface area (Å²) in [6.45, 7) is 6.07. The number of nitrogens with one attached hydrogen (secondary N) is 1. The molecule has 110 valence electrons. The van der Waals surface area contributed by atoms with Crippen molar-refractivity contribution in [3.63, 3.8) is 0 Å². The lowest BCUT2D eigenvalue weighted by atomic mass is 10.2. The van der Waals surface area contributed by atoms with Gasteiger partial charge in [0.25, 0.3) is 5.69 Å². The highest BCUT2D eigenvalue weighted by Gasteiger charge is 2.10. The molecule has 1 saturated heterocycles. The van der Waals surface area contributed by atoms with Crippen LogP contribution in [0.25, 0.3) is 0 Å². The lowest BCUT2D eigenvalue weighted by Gasteiger charge is -2.20. The van der Waals surface area contributed by atoms with Gasteiger partial charge in [-0.25, -0.2) is 0 Å². The molecule has 5 heteroatoms. The van der Waals surface area contributed by atoms with Gasteiger partial charge in [-0.2, -0.15) is 0 Å². The monoisotopic (exact) mass is 277 g/mol. The Morgan fingerprint density at radius 2 is 1.90 bits per heavy atom. The highest BCUT2D eigenvalue weighted by Crippen LogP contribution is 2.20. The van der Waals surface area contributed by atoms with Gasteiger partial charge in [-0.1, -0.05) is 12.8 Å². The molecule has 20 heavy (non-hydrogen) atoms. The minimum absolute atomic E-state index is 0.155. The van der Waals surface area contributed by atoms with Crippen LogP contribution in [0, 0.1) is 17.0 Å². The van der Waals surface area contributed by atoms with Crippen molar-refractivity contribution in [3.05, 3.63) is 33.9 Å². The van der Waals surface area contributed by atoms with E-state index in [0.29, 0.717) is 0 Å². The molecule has 0 aromatic heterocycles. The molecule has 2 rings (SSSR count). The quantitative estimate of drug-likeness (QED) is 0.663. The molecule has 0 atom stereocenters. The van der Waals surface area contributed by atoms with Gasteiger partial charge in [0.1, 0.15) is 0 Å². The predicted molar refractivity (Wildman–Crippen MR) is 81.2 cm³/mol. The first-order valence-corrected chi connectivity index (χ1v) is 7.37. The number of rotatable bonds is 5. The Bertz CT molecular complexity index is 454. The van der Waals surface area contributed by atoms with Crippen molar-refractivity contribution in [2.75, 3.05) is 31.5 Å². The molecule has 1 aromatic rings. The van der Waals surface area contributed by atoms with Gasteiger partial charge in [-0.05, 0) is 44.5 Å². The van der Waals surface area contributed by atoms with Crippen molar-refractivity contribution < 1.29 is 4.92 Å². The van der Waals surface area contributed by atoms with Crippen LogP contribution in [0.5, 0.6) is 0 Å². The highest BCUT2D eigenvalue weighted by atomic mass is 16.6. The van der Waals surface area contributed by atoms with Crippen LogP contribution in [-0.2, 0) is 0 Å². The summed E-state index contributed by atoms with van der Waals surface area (Å²) in [5.74, 6) is 0. The Hall–Kier alpha value is -1.62. The van der Waals surface area contributed by atoms with Gasteiger partial charge in [0, 0.05) is 30.9 Å². The van der Waals surface area contributed by atoms with E-state index in [1.54, 1.807) is 12.1 Å². The van der Waals surface area contributed by atoms with E-state index in [-0.39, 0.29) is 10.6 Å². The number of nitro benzene ring substituents is 1. The number of nitro groups is 1. The number of non-ortho nitro benzene ring substituents is 1. The normalized spacial score (nSPS) is 16.6. The first-order valence-electron chi connectivity index (χ1n) is 7.37. The maximum absolute atomic E-state index is 10.8. The number of hydrogen-bond donors (Lipinski definition) is 1. The molecular formula is C15H23N3O2. The third-order valence-electron chi connectivity index (χ3n) is 3.73. The first-order chi connectivity index (χ1) is 9.65. The Balaban J connectivity index is 1.85. The summed E-state index contributed by atoms with van der Waals surface area (Å²) < 4.78 is 0. The molecule has 0 saturated carbocycles. The molecule has 0 amide bonds. The summed E-state index contributed by atoms with van der Waals surface area (Å²) in [6, 6.07) is 5.16. The van der Waals surface area contributed by atoms with Crippen molar-refractivity contribution in [3.8, 4) is 0 Å². The molecule has 0 bridgehead atoms. The molecule has 1 aliphatic rings. The maximum atomic E-state index is 10.8. The number of aryl methyl sites for hydroxylation is 1. The van der Waals surface area contributed by atoms with E-state index < -0.39 is 0 Å². The van der Waals surface area contributed by atoms with Crippen molar-refractivity contribution in [1.29, 1.82) is 0 Å². The van der Waals surface area contributed by atoms with E-state index in [1.807, 2.05) is 13.0 Å². The number of anilines is 1. The Kier molecular flexibility index (Phi) is 5.35. The summed E-state index contributed by atoms with van der Waals surface area (Å²) in [6.07, 6.45) is 5.26. The minimum Gasteiger partial charge on any atom is -0.384 e. The van der Waals surface area contributed by atoms with Crippen LogP contribution in [0.1, 0.15) is 31.2 Å². The molecule has 0 radical (unpaired) electrons. The van der Waals surface area contributed by atoms with E-state index in [4.69, 9.17) is 0 Å². The van der Waals surface area contributed by atoms with Crippen molar-refractivity contribution in [2.45, 2.75) is 32.6 Å². The molecule has 1 fully saturated rings. The molecule has 1 heterocycles. The Labute approximate surface area is 120 Å². The molecule has 0 spiro atoms. The van der Waals surface area contributed by atoms with Gasteiger partial charge in [-0.15, -0.1) is 0 Å². The van der Waals surface area contributed by atoms with Gasteiger partial charge < -0.3 is 10.2 Å². The number of likely N-dealkylation sites (tertiary alicyclic amines) is 1. The van der Waals surface area contributed by atoms with Gasteiger partial charge >= 0.3 is 0 Å². The second-order valence-corrected chi connectivity index (χ2v) is 5.50. The average Bonchev–Trinajstić information content (AvgIpc) is 2.67. The van der Waals surface area contributed by atoms with Crippen LogP contribution in [0.4, 0.5) is 11.4 Å². The highest BCUT2D eigenvalue weighted by molar-refractivity contribution is 5.53. The summed E-state index contributed by atoms with van der Waals surface area (Å²) in [5, 5.41) is 14.1. The van der Waals surface area contributed by atoms with Crippen LogP contribution >= 0.6 is 0 Å². The van der Waals surface area contributed by atoms with Gasteiger partial charge in [0.15, 0.2) is 0 Å². The fraction of sp³-hybridized carbons (Fsp3) is 0.600. The largest absolute Gasteiger partial charge is 0.384 e. The second kappa shape index (κ2) is 7.24. The first kappa shape index (κ1) is 14.8. The van der Waals surface area contributed by atoms with Crippen molar-refractivity contribution in [1.82, 2.24) is 4.90 Å². The third kappa shape index (κ3) is 4.49. The second-order valence-electron chi connectivity index (χ2n) is 5.50. The molecule has 1 N–H and O–H groups in total. The van der Waals surface area contributed by atoms with Crippen LogP contribution in [0.15, 0.2) is 18.2 Å². The SMILES string of the molecule is Cc1cc(NCCN2CCCCCC2)cc([N+](=O)[O-])c1. The lowest BCUT2D eigenvalue weighted by molar-refractivity contribution is -0.384. The predicted octanol–water partition coefficient (Wildman–Crippen LogP) is 3.19. The average molecular weight is 277 g/mol. The van der Waals surface area contributed by atoms with Crippen molar-refractivity contribution >= 4 is 11.4 Å². The zero-order valence-corrected chi connectivity index (χ0v) is 12.1. The van der Waals surface area contributed by atoms with Crippen LogP contribution < -0.4 is 5.32 Å². The summed E-state index contributed by atoms with van der Waals surface area (Å²) in [7, 11) is 0. The van der Waals surface area contributed by atoms with Gasteiger partial charge in [0.05, 0.1) is 4.92 Å². The molecule has 0 unspecified atom stereocenters. The third-order valence-corrected chi connectivity index (χ3v) is 3.73. The fourth-order valence-electron chi connectivity index (χ4n) is 2.69. The summed E-state index contributed by atoms with van der Waals surface area (Å²) in [4.78, 5) is 13.0. The summed E-state index contributed by atoms with van der Waals surface area (Å²) >= 11 is 0. The molecule has 5 nitrogen and oxygen atoms in total. The van der Waals surface area contributed by atoms with E-state index in [2.05, 4.69) is 10.2 Å². The maximum Gasteiger partial charge on any atom is 0.271 e. The van der Waals surface area contributed by atoms with Crippen LogP contribution in [0.3, 0.4) is 0 Å². The Morgan fingerprint density at radius 1 is 1.20 bits per heavy atom. The molecule has 1 aliphatic heterocycles. The lowest BCUT2D eigenvalue weighted by Crippen LogP contribution is -2.29. The number of benzene rings is 1. The Morgan fingerprint density at radius 3 is 2.55 bits per heavy atom. The van der Waals surface area contributed by atoms with Crippen molar-refractivity contribution in [2.24, 2.45) is 0 Å². The topological polar surface area (TPSA) is 58.4 Å². The van der Waals surface area contributed by atoms with E-state index >= 15 is 0 Å². The van der Waals surface area contributed by atoms with Gasteiger partial charge in [0.2, 0.25) is 0 Å². The molecule has 1 aromatic carbocycles. The fourth-order valence-corrected chi connectivity index (χ4v) is 2.69. The zero-order valence-electron chi connectivity index (χ0n) is 12.1. The van der Waals surface area contributed by atoms with E-state index in [1.165, 1.54) is 38.8 Å². The van der Waals surface area contributed by atoms with Gasteiger partial charge in [-0.3, -0.25) is 10.1 Å². The van der Waals surface area contributed by atoms with E-state index in [9.17, 15) is 10.1 Å². The van der Waals surface area contributed by atoms with Crippen LogP contribution in [-0.4, -0.2) is 36.0 Å². The minimum atomic E-state index is -0.340. The smallest absolute Gasteiger partial charge is 0.271 e. The standard InChI is InChI=1S/C15H23N3O2/c1-13-10-14(12-15(11-13)18(19)20)16-6-9-17-7-4-2-3-5-8-17/h10-12,16H,2-9H2,1H3. The molecular weight excluding hydrogens is 254 g/mol.